The first kappa shape index (κ1) is 27.5. The van der Waals surface area contributed by atoms with Crippen LogP contribution in [0, 0.1) is 12.7 Å². The molecule has 0 saturated heterocycles. The van der Waals surface area contributed by atoms with Crippen LogP contribution in [0.25, 0.3) is 11.1 Å². The van der Waals surface area contributed by atoms with Gasteiger partial charge in [-0.1, -0.05) is 35.9 Å². The van der Waals surface area contributed by atoms with Crippen molar-refractivity contribution in [1.82, 2.24) is 20.6 Å². The van der Waals surface area contributed by atoms with Gasteiger partial charge in [-0.3, -0.25) is 9.59 Å². The number of carbonyl (C=O) groups is 2. The van der Waals surface area contributed by atoms with Crippen LogP contribution in [0.3, 0.4) is 0 Å². The number of amides is 2. The molecular formula is C28H26ClFN6O3. The van der Waals surface area contributed by atoms with Crippen molar-refractivity contribution < 1.29 is 19.1 Å². The molecule has 0 fully saturated rings. The van der Waals surface area contributed by atoms with E-state index in [1.807, 2.05) is 6.92 Å². The maximum Gasteiger partial charge on any atom is 0.253 e. The minimum absolute atomic E-state index is 0.0881. The lowest BCUT2D eigenvalue weighted by Gasteiger charge is -2.14. The minimum Gasteiger partial charge on any atom is -0.395 e. The number of anilines is 4. The monoisotopic (exact) mass is 548 g/mol. The zero-order valence-corrected chi connectivity index (χ0v) is 21.9. The predicted octanol–water partition coefficient (Wildman–Crippen LogP) is 4.81. The standard InChI is InChI=1S/C28H26ClFN6O3/c1-16-13-24(22(30)14-20(16)17-7-9-18(10-8-17)26(38)31-2)35-28-33-15-21(29)25(36-28)34-23-6-4-3-5-19(23)27(39)32-11-12-37/h3-10,13-15,37H,11-12H2,1-2H3,(H,31,38)(H,32,39)(H2,33,34,35,36). The molecule has 0 radical (unpaired) electrons. The molecule has 0 aliphatic rings. The van der Waals surface area contributed by atoms with Gasteiger partial charge in [-0.25, -0.2) is 9.37 Å². The van der Waals surface area contributed by atoms with E-state index in [-0.39, 0.29) is 47.4 Å². The van der Waals surface area contributed by atoms with Gasteiger partial charge in [-0.15, -0.1) is 0 Å². The molecule has 0 bridgehead atoms. The number of hydrogen-bond donors (Lipinski definition) is 5. The van der Waals surface area contributed by atoms with Crippen molar-refractivity contribution in [2.24, 2.45) is 0 Å². The van der Waals surface area contributed by atoms with E-state index in [1.54, 1.807) is 61.6 Å². The molecule has 4 aromatic rings. The van der Waals surface area contributed by atoms with Crippen molar-refractivity contribution in [3.63, 3.8) is 0 Å². The van der Waals surface area contributed by atoms with Crippen molar-refractivity contribution in [3.8, 4) is 11.1 Å². The van der Waals surface area contributed by atoms with Crippen LogP contribution in [0.1, 0.15) is 26.3 Å². The number of rotatable bonds is 9. The van der Waals surface area contributed by atoms with E-state index in [0.717, 1.165) is 11.1 Å². The third kappa shape index (κ3) is 6.49. The van der Waals surface area contributed by atoms with Crippen LogP contribution in [-0.2, 0) is 0 Å². The lowest BCUT2D eigenvalue weighted by Crippen LogP contribution is -2.27. The van der Waals surface area contributed by atoms with Crippen molar-refractivity contribution in [2.75, 3.05) is 30.8 Å². The molecule has 5 N–H and O–H groups in total. The van der Waals surface area contributed by atoms with Crippen molar-refractivity contribution in [2.45, 2.75) is 6.92 Å². The molecule has 39 heavy (non-hydrogen) atoms. The van der Waals surface area contributed by atoms with E-state index in [1.165, 1.54) is 12.3 Å². The van der Waals surface area contributed by atoms with Gasteiger partial charge in [0.1, 0.15) is 10.8 Å². The molecule has 11 heteroatoms. The maximum absolute atomic E-state index is 15.1. The van der Waals surface area contributed by atoms with Crippen LogP contribution in [0.15, 0.2) is 66.9 Å². The molecule has 0 unspecified atom stereocenters. The van der Waals surface area contributed by atoms with Gasteiger partial charge in [0.2, 0.25) is 5.95 Å². The lowest BCUT2D eigenvalue weighted by atomic mass is 9.98. The van der Waals surface area contributed by atoms with Gasteiger partial charge >= 0.3 is 0 Å². The molecule has 4 rings (SSSR count). The molecule has 0 spiro atoms. The zero-order valence-electron chi connectivity index (χ0n) is 21.2. The summed E-state index contributed by atoms with van der Waals surface area (Å²) in [5, 5.41) is 20.3. The molecule has 0 saturated carbocycles. The highest BCUT2D eigenvalue weighted by atomic mass is 35.5. The van der Waals surface area contributed by atoms with Crippen LogP contribution < -0.4 is 21.3 Å². The van der Waals surface area contributed by atoms with Crippen molar-refractivity contribution in [3.05, 3.63) is 94.4 Å². The van der Waals surface area contributed by atoms with E-state index >= 15 is 4.39 Å². The highest BCUT2D eigenvalue weighted by Crippen LogP contribution is 2.31. The Morgan fingerprint density at radius 3 is 2.46 bits per heavy atom. The quantitative estimate of drug-likeness (QED) is 0.203. The molecule has 9 nitrogen and oxygen atoms in total. The molecule has 3 aromatic carbocycles. The summed E-state index contributed by atoms with van der Waals surface area (Å²) in [4.78, 5) is 32.8. The smallest absolute Gasteiger partial charge is 0.253 e. The van der Waals surface area contributed by atoms with Gasteiger partial charge in [0, 0.05) is 19.2 Å². The van der Waals surface area contributed by atoms with E-state index in [4.69, 9.17) is 16.7 Å². The number of halogens is 2. The Morgan fingerprint density at radius 2 is 1.74 bits per heavy atom. The number of aliphatic hydroxyl groups excluding tert-OH is 1. The van der Waals surface area contributed by atoms with Gasteiger partial charge in [-0.2, -0.15) is 4.98 Å². The maximum atomic E-state index is 15.1. The first-order valence-corrected chi connectivity index (χ1v) is 12.4. The number of nitrogens with zero attached hydrogens (tertiary/aromatic N) is 2. The summed E-state index contributed by atoms with van der Waals surface area (Å²) in [5.41, 5.74) is 3.68. The second-order valence-corrected chi connectivity index (χ2v) is 8.88. The minimum atomic E-state index is -0.523. The number of hydrogen-bond acceptors (Lipinski definition) is 7. The van der Waals surface area contributed by atoms with Gasteiger partial charge in [0.25, 0.3) is 11.8 Å². The number of carbonyl (C=O) groups excluding carboxylic acids is 2. The van der Waals surface area contributed by atoms with E-state index in [0.29, 0.717) is 22.4 Å². The number of aliphatic hydroxyl groups is 1. The zero-order chi connectivity index (χ0) is 27.9. The number of aromatic nitrogens is 2. The number of aryl methyl sites for hydroxylation is 1. The Labute approximate surface area is 229 Å². The second-order valence-electron chi connectivity index (χ2n) is 8.47. The molecule has 0 aliphatic heterocycles. The summed E-state index contributed by atoms with van der Waals surface area (Å²) in [6, 6.07) is 16.7. The topological polar surface area (TPSA) is 128 Å². The summed E-state index contributed by atoms with van der Waals surface area (Å²) in [5.74, 6) is -0.803. The molecule has 0 atom stereocenters. The SMILES string of the molecule is CNC(=O)c1ccc(-c2cc(F)c(Nc3ncc(Cl)c(Nc4ccccc4C(=O)NCCO)n3)cc2C)cc1. The highest BCUT2D eigenvalue weighted by Gasteiger charge is 2.15. The van der Waals surface area contributed by atoms with Crippen LogP contribution in [0.5, 0.6) is 0 Å². The highest BCUT2D eigenvalue weighted by molar-refractivity contribution is 6.33. The number of nitrogens with one attached hydrogen (secondary N) is 4. The lowest BCUT2D eigenvalue weighted by molar-refractivity contribution is 0.0942. The van der Waals surface area contributed by atoms with Gasteiger partial charge in [0.15, 0.2) is 5.82 Å². The fraction of sp³-hybridized carbons (Fsp3) is 0.143. The molecular weight excluding hydrogens is 523 g/mol. The van der Waals surface area contributed by atoms with Gasteiger partial charge < -0.3 is 26.4 Å². The summed E-state index contributed by atoms with van der Waals surface area (Å²) >= 11 is 6.30. The van der Waals surface area contributed by atoms with Crippen LogP contribution in [0.2, 0.25) is 5.02 Å². The Morgan fingerprint density at radius 1 is 1.00 bits per heavy atom. The first-order valence-electron chi connectivity index (χ1n) is 12.0. The van der Waals surface area contributed by atoms with Crippen LogP contribution in [0.4, 0.5) is 27.5 Å². The van der Waals surface area contributed by atoms with E-state index in [2.05, 4.69) is 31.2 Å². The van der Waals surface area contributed by atoms with E-state index < -0.39 is 5.82 Å². The Hall–Kier alpha value is -4.54. The summed E-state index contributed by atoms with van der Waals surface area (Å²) < 4.78 is 15.1. The average Bonchev–Trinajstić information content (AvgIpc) is 2.95. The van der Waals surface area contributed by atoms with Crippen molar-refractivity contribution in [1.29, 1.82) is 0 Å². The fourth-order valence-electron chi connectivity index (χ4n) is 3.85. The molecule has 0 aliphatic carbocycles. The molecule has 1 aromatic heterocycles. The largest absolute Gasteiger partial charge is 0.395 e. The van der Waals surface area contributed by atoms with E-state index in [9.17, 15) is 9.59 Å². The third-order valence-electron chi connectivity index (χ3n) is 5.81. The Balaban J connectivity index is 1.57. The van der Waals surface area contributed by atoms with Gasteiger partial charge in [-0.05, 0) is 60.0 Å². The second kappa shape index (κ2) is 12.3. The molecule has 200 valence electrons. The summed E-state index contributed by atoms with van der Waals surface area (Å²) in [7, 11) is 1.56. The fourth-order valence-corrected chi connectivity index (χ4v) is 3.99. The Kier molecular flexibility index (Phi) is 8.70. The number of benzene rings is 3. The summed E-state index contributed by atoms with van der Waals surface area (Å²) in [6.45, 7) is 1.77. The third-order valence-corrected chi connectivity index (χ3v) is 6.09. The van der Waals surface area contributed by atoms with Crippen molar-refractivity contribution >= 4 is 46.6 Å². The Bertz CT molecular complexity index is 1510. The average molecular weight is 549 g/mol. The normalized spacial score (nSPS) is 10.6. The van der Waals surface area contributed by atoms with Gasteiger partial charge in [0.05, 0.1) is 29.7 Å². The molecule has 2 amide bonds. The summed E-state index contributed by atoms with van der Waals surface area (Å²) in [6.07, 6.45) is 1.36. The first-order chi connectivity index (χ1) is 18.8. The number of para-hydroxylation sites is 1. The van der Waals surface area contributed by atoms with Crippen LogP contribution in [-0.4, -0.2) is 47.1 Å². The molecule has 1 heterocycles. The van der Waals surface area contributed by atoms with Crippen LogP contribution >= 0.6 is 11.6 Å². The predicted molar refractivity (Wildman–Crippen MR) is 149 cm³/mol.